The average molecular weight is 481 g/mol. The number of hydrogen-bond donors (Lipinski definition) is 3. The molecular formula is C23H20Cl2F2N2O3. The van der Waals surface area contributed by atoms with E-state index in [1.165, 1.54) is 18.2 Å². The van der Waals surface area contributed by atoms with E-state index in [-0.39, 0.29) is 33.6 Å². The second-order valence-electron chi connectivity index (χ2n) is 9.00. The monoisotopic (exact) mass is 480 g/mol. The molecule has 1 saturated heterocycles. The zero-order chi connectivity index (χ0) is 22.8. The van der Waals surface area contributed by atoms with Gasteiger partial charge in [-0.25, -0.2) is 9.18 Å². The first-order valence-corrected chi connectivity index (χ1v) is 11.1. The molecule has 3 aliphatic rings. The van der Waals surface area contributed by atoms with E-state index in [0.29, 0.717) is 30.5 Å². The van der Waals surface area contributed by atoms with Crippen LogP contribution in [0.15, 0.2) is 30.3 Å². The van der Waals surface area contributed by atoms with Crippen molar-refractivity contribution in [2.24, 2.45) is 5.41 Å². The number of carbonyl (C=O) groups excluding carboxylic acids is 1. The molecule has 2 fully saturated rings. The van der Waals surface area contributed by atoms with Crippen molar-refractivity contribution in [2.45, 2.75) is 36.6 Å². The predicted octanol–water partition coefficient (Wildman–Crippen LogP) is 4.92. The summed E-state index contributed by atoms with van der Waals surface area (Å²) in [5, 5.41) is 15.7. The van der Waals surface area contributed by atoms with Gasteiger partial charge in [0.1, 0.15) is 5.82 Å². The van der Waals surface area contributed by atoms with Crippen LogP contribution in [0.4, 0.5) is 14.5 Å². The van der Waals surface area contributed by atoms with Crippen molar-refractivity contribution in [1.82, 2.24) is 5.32 Å². The normalized spacial score (nSPS) is 27.4. The van der Waals surface area contributed by atoms with E-state index < -0.39 is 41.3 Å². The van der Waals surface area contributed by atoms with Gasteiger partial charge in [-0.2, -0.15) is 0 Å². The Labute approximate surface area is 193 Å². The van der Waals surface area contributed by atoms with Gasteiger partial charge in [0.15, 0.2) is 0 Å². The molecule has 2 heterocycles. The highest BCUT2D eigenvalue weighted by molar-refractivity contribution is 6.34. The summed E-state index contributed by atoms with van der Waals surface area (Å²) in [6, 6.07) is 6.91. The first-order valence-electron chi connectivity index (χ1n) is 10.4. The van der Waals surface area contributed by atoms with E-state index in [9.17, 15) is 19.1 Å². The molecule has 1 amide bonds. The van der Waals surface area contributed by atoms with Crippen LogP contribution in [0.3, 0.4) is 0 Å². The maximum Gasteiger partial charge on any atom is 0.337 e. The Morgan fingerprint density at radius 2 is 1.97 bits per heavy atom. The topological polar surface area (TPSA) is 78.4 Å². The Balaban J connectivity index is 1.74. The summed E-state index contributed by atoms with van der Waals surface area (Å²) >= 11 is 12.2. The summed E-state index contributed by atoms with van der Waals surface area (Å²) in [7, 11) is 0. The van der Waals surface area contributed by atoms with E-state index in [1.807, 2.05) is 0 Å². The maximum absolute atomic E-state index is 15.1. The standard InChI is InChI=1S/C23H20Cl2F2N2O3/c24-15-3-1-2-11(19(15)27)14-9-28-18(8-22(10-26)4-5-22)23(14)13-6-12(20(30)31)16(25)7-17(13)29-21(23)32/h1-3,6-7,14,18,28H,4-5,8-10H2,(H,29,32)(H,30,31). The number of amides is 1. The molecule has 1 aliphatic carbocycles. The summed E-state index contributed by atoms with van der Waals surface area (Å²) in [5.74, 6) is -2.92. The first-order chi connectivity index (χ1) is 15.2. The number of nitrogens with one attached hydrogen (secondary N) is 2. The quantitative estimate of drug-likeness (QED) is 0.567. The fourth-order valence-electron chi connectivity index (χ4n) is 5.43. The number of carbonyl (C=O) groups is 2. The second kappa shape index (κ2) is 7.40. The van der Waals surface area contributed by atoms with Crippen LogP contribution in [0.2, 0.25) is 10.0 Å². The van der Waals surface area contributed by atoms with Gasteiger partial charge in [0.2, 0.25) is 5.91 Å². The molecule has 168 valence electrons. The molecule has 0 radical (unpaired) electrons. The van der Waals surface area contributed by atoms with Crippen LogP contribution >= 0.6 is 23.2 Å². The number of alkyl halides is 1. The van der Waals surface area contributed by atoms with Gasteiger partial charge in [0.05, 0.1) is 27.7 Å². The van der Waals surface area contributed by atoms with E-state index in [0.717, 1.165) is 0 Å². The smallest absolute Gasteiger partial charge is 0.337 e. The minimum atomic E-state index is -1.33. The minimum absolute atomic E-state index is 0.0102. The van der Waals surface area contributed by atoms with Crippen LogP contribution in [0, 0.1) is 11.2 Å². The minimum Gasteiger partial charge on any atom is -0.478 e. The van der Waals surface area contributed by atoms with Crippen molar-refractivity contribution in [1.29, 1.82) is 0 Å². The van der Waals surface area contributed by atoms with Gasteiger partial charge < -0.3 is 15.7 Å². The third-order valence-corrected chi connectivity index (χ3v) is 7.91. The summed E-state index contributed by atoms with van der Waals surface area (Å²) < 4.78 is 29.0. The van der Waals surface area contributed by atoms with Gasteiger partial charge >= 0.3 is 5.97 Å². The van der Waals surface area contributed by atoms with Gasteiger partial charge in [-0.05, 0) is 48.6 Å². The van der Waals surface area contributed by atoms with Crippen molar-refractivity contribution in [2.75, 3.05) is 18.5 Å². The van der Waals surface area contributed by atoms with Crippen LogP contribution in [-0.2, 0) is 10.2 Å². The molecule has 2 aliphatic heterocycles. The van der Waals surface area contributed by atoms with E-state index in [1.54, 1.807) is 12.1 Å². The molecule has 0 aromatic heterocycles. The molecule has 1 saturated carbocycles. The van der Waals surface area contributed by atoms with Crippen LogP contribution in [-0.4, -0.2) is 36.2 Å². The lowest BCUT2D eigenvalue weighted by molar-refractivity contribution is -0.121. The molecule has 32 heavy (non-hydrogen) atoms. The fourth-order valence-corrected chi connectivity index (χ4v) is 5.85. The second-order valence-corrected chi connectivity index (χ2v) is 9.81. The molecule has 0 bridgehead atoms. The number of aromatic carboxylic acids is 1. The van der Waals surface area contributed by atoms with Crippen LogP contribution < -0.4 is 10.6 Å². The molecule has 3 N–H and O–H groups in total. The lowest BCUT2D eigenvalue weighted by atomic mass is 9.64. The third-order valence-electron chi connectivity index (χ3n) is 7.31. The SMILES string of the molecule is O=C(O)c1cc2c(cc1Cl)NC(=O)C21C(CC2(CF)CC2)NCC1c1cccc(Cl)c1F. The highest BCUT2D eigenvalue weighted by atomic mass is 35.5. The predicted molar refractivity (Wildman–Crippen MR) is 117 cm³/mol. The van der Waals surface area contributed by atoms with Gasteiger partial charge in [0.25, 0.3) is 0 Å². The fraction of sp³-hybridized carbons (Fsp3) is 0.391. The Morgan fingerprint density at radius 1 is 1.22 bits per heavy atom. The van der Waals surface area contributed by atoms with E-state index in [2.05, 4.69) is 10.6 Å². The van der Waals surface area contributed by atoms with Crippen molar-refractivity contribution in [3.05, 3.63) is 62.9 Å². The van der Waals surface area contributed by atoms with E-state index in [4.69, 9.17) is 23.2 Å². The average Bonchev–Trinajstić information content (AvgIpc) is 3.35. The molecule has 5 nitrogen and oxygen atoms in total. The molecule has 5 rings (SSSR count). The van der Waals surface area contributed by atoms with Crippen LogP contribution in [0.1, 0.15) is 46.7 Å². The number of benzene rings is 2. The van der Waals surface area contributed by atoms with Gasteiger partial charge in [0, 0.05) is 29.6 Å². The molecule has 2 aromatic rings. The zero-order valence-electron chi connectivity index (χ0n) is 16.9. The number of fused-ring (bicyclic) bond motifs is 2. The Kier molecular flexibility index (Phi) is 5.00. The van der Waals surface area contributed by atoms with Crippen molar-refractivity contribution < 1.29 is 23.5 Å². The van der Waals surface area contributed by atoms with Gasteiger partial charge in [-0.3, -0.25) is 9.18 Å². The Morgan fingerprint density at radius 3 is 2.62 bits per heavy atom. The summed E-state index contributed by atoms with van der Waals surface area (Å²) in [5.41, 5.74) is -0.927. The third kappa shape index (κ3) is 2.98. The number of rotatable bonds is 5. The summed E-state index contributed by atoms with van der Waals surface area (Å²) in [4.78, 5) is 25.4. The molecule has 2 aromatic carbocycles. The molecular weight excluding hydrogens is 461 g/mol. The highest BCUT2D eigenvalue weighted by Gasteiger charge is 2.63. The highest BCUT2D eigenvalue weighted by Crippen LogP contribution is 2.59. The largest absolute Gasteiger partial charge is 0.478 e. The van der Waals surface area contributed by atoms with E-state index >= 15 is 4.39 Å². The molecule has 9 heteroatoms. The number of carboxylic acids is 1. The molecule has 3 unspecified atom stereocenters. The van der Waals surface area contributed by atoms with Crippen molar-refractivity contribution >= 4 is 40.8 Å². The molecule has 3 atom stereocenters. The van der Waals surface area contributed by atoms with Crippen molar-refractivity contribution in [3.63, 3.8) is 0 Å². The van der Waals surface area contributed by atoms with Gasteiger partial charge in [-0.15, -0.1) is 0 Å². The maximum atomic E-state index is 15.1. The zero-order valence-corrected chi connectivity index (χ0v) is 18.4. The van der Waals surface area contributed by atoms with Crippen LogP contribution in [0.25, 0.3) is 0 Å². The summed E-state index contributed by atoms with van der Waals surface area (Å²) in [6.45, 7) is -0.255. The molecule has 1 spiro atoms. The first kappa shape index (κ1) is 21.6. The number of hydrogen-bond acceptors (Lipinski definition) is 3. The summed E-state index contributed by atoms with van der Waals surface area (Å²) in [6.07, 6.45) is 1.80. The lowest BCUT2D eigenvalue weighted by Gasteiger charge is -2.36. The Hall–Kier alpha value is -2.22. The van der Waals surface area contributed by atoms with Gasteiger partial charge in [-0.1, -0.05) is 35.3 Å². The lowest BCUT2D eigenvalue weighted by Crippen LogP contribution is -2.49. The number of carboxylic acid groups (broad SMARTS) is 1. The number of anilines is 1. The Bertz CT molecular complexity index is 1150. The van der Waals surface area contributed by atoms with Crippen LogP contribution in [0.5, 0.6) is 0 Å². The number of halogens is 4. The van der Waals surface area contributed by atoms with Crippen molar-refractivity contribution in [3.8, 4) is 0 Å².